The van der Waals surface area contributed by atoms with E-state index in [1.807, 2.05) is 13.8 Å². The second-order valence-electron chi connectivity index (χ2n) is 7.09. The molecule has 0 fully saturated rings. The van der Waals surface area contributed by atoms with Gasteiger partial charge in [0.15, 0.2) is 11.4 Å². The van der Waals surface area contributed by atoms with Crippen molar-refractivity contribution in [3.63, 3.8) is 0 Å². The number of benzene rings is 1. The zero-order valence-electron chi connectivity index (χ0n) is 17.8. The van der Waals surface area contributed by atoms with Crippen LogP contribution in [0.5, 0.6) is 11.6 Å². The number of nitrogens with zero attached hydrogens (tertiary/aromatic N) is 3. The summed E-state index contributed by atoms with van der Waals surface area (Å²) in [4.78, 5) is 50.0. The van der Waals surface area contributed by atoms with E-state index in [2.05, 4.69) is 20.3 Å². The van der Waals surface area contributed by atoms with Crippen molar-refractivity contribution in [3.05, 3.63) is 65.0 Å². The van der Waals surface area contributed by atoms with Gasteiger partial charge in [-0.2, -0.15) is 5.10 Å². The number of aromatic amines is 2. The summed E-state index contributed by atoms with van der Waals surface area (Å²) in [7, 11) is 0. The maximum absolute atomic E-state index is 12.3. The number of H-pyrrole nitrogens is 2. The van der Waals surface area contributed by atoms with E-state index in [1.54, 1.807) is 6.92 Å². The zero-order valence-corrected chi connectivity index (χ0v) is 19.3. The predicted molar refractivity (Wildman–Crippen MR) is 120 cm³/mol. The van der Waals surface area contributed by atoms with Crippen LogP contribution in [0, 0.1) is 0 Å². The van der Waals surface area contributed by atoms with Crippen molar-refractivity contribution >= 4 is 29.2 Å². The molecule has 3 aromatic rings. The second-order valence-corrected chi connectivity index (χ2v) is 7.90. The number of carbonyl (C=O) groups excluding carboxylic acids is 1. The van der Waals surface area contributed by atoms with Gasteiger partial charge in [-0.05, 0) is 25.0 Å². The van der Waals surface area contributed by atoms with E-state index in [4.69, 9.17) is 32.7 Å². The van der Waals surface area contributed by atoms with Gasteiger partial charge in [-0.15, -0.1) is 5.10 Å². The molecule has 0 spiro atoms. The van der Waals surface area contributed by atoms with E-state index in [-0.39, 0.29) is 51.0 Å². The molecule has 174 valence electrons. The number of carbonyl (C=O) groups is 1. The van der Waals surface area contributed by atoms with Crippen LogP contribution in [0.3, 0.4) is 0 Å². The van der Waals surface area contributed by atoms with Gasteiger partial charge in [-0.1, -0.05) is 37.0 Å². The molecule has 0 aliphatic rings. The van der Waals surface area contributed by atoms with Gasteiger partial charge >= 0.3 is 11.7 Å². The van der Waals surface area contributed by atoms with Gasteiger partial charge in [-0.3, -0.25) is 19.4 Å². The molecule has 0 aliphatic carbocycles. The molecule has 0 unspecified atom stereocenters. The number of nitrogens with one attached hydrogen (secondary N) is 2. The molecule has 2 heterocycles. The lowest BCUT2D eigenvalue weighted by atomic mass is 10.1. The second kappa shape index (κ2) is 10.0. The van der Waals surface area contributed by atoms with Crippen molar-refractivity contribution < 1.29 is 14.3 Å². The van der Waals surface area contributed by atoms with Crippen LogP contribution in [-0.4, -0.2) is 37.5 Å². The smallest absolute Gasteiger partial charge is 0.345 e. The number of ether oxygens (including phenoxy) is 2. The first kappa shape index (κ1) is 24.2. The van der Waals surface area contributed by atoms with Crippen LogP contribution in [-0.2, 0) is 16.1 Å². The normalized spacial score (nSPS) is 11.0. The number of halogens is 2. The van der Waals surface area contributed by atoms with Gasteiger partial charge in [0.2, 0.25) is 5.88 Å². The Labute approximate surface area is 196 Å². The molecule has 2 N–H and O–H groups in total. The minimum Gasteiger partial charge on any atom is -0.465 e. The van der Waals surface area contributed by atoms with Crippen LogP contribution in [0.25, 0.3) is 11.3 Å². The Bertz CT molecular complexity index is 1360. The van der Waals surface area contributed by atoms with Crippen LogP contribution < -0.4 is 21.5 Å². The van der Waals surface area contributed by atoms with Crippen LogP contribution in [0.1, 0.15) is 32.3 Å². The molecule has 0 saturated carbocycles. The maximum atomic E-state index is 12.3. The third-order valence-corrected chi connectivity index (χ3v) is 4.95. The average Bonchev–Trinajstić information content (AvgIpc) is 2.73. The molecule has 0 bridgehead atoms. The fraction of sp³-hybridized carbons (Fsp3) is 0.300. The highest BCUT2D eigenvalue weighted by molar-refractivity contribution is 6.37. The number of aromatic nitrogens is 5. The lowest BCUT2D eigenvalue weighted by Crippen LogP contribution is -2.35. The van der Waals surface area contributed by atoms with Crippen molar-refractivity contribution in [2.45, 2.75) is 33.2 Å². The minimum atomic E-state index is -0.876. The first-order valence-electron chi connectivity index (χ1n) is 9.74. The van der Waals surface area contributed by atoms with Gasteiger partial charge in [0.1, 0.15) is 6.54 Å². The van der Waals surface area contributed by atoms with E-state index in [9.17, 15) is 19.2 Å². The number of esters is 1. The SMILES string of the molecule is CCOC(=O)Cn1nc(-c2cc(Cl)c(Oc3cc(C(C)C)c(=O)[nH]n3)c(Cl)c2)c(=O)[nH]c1=O. The Morgan fingerprint density at radius 1 is 1.12 bits per heavy atom. The molecule has 0 atom stereocenters. The van der Waals surface area contributed by atoms with Crippen molar-refractivity contribution in [2.24, 2.45) is 0 Å². The third-order valence-electron chi connectivity index (χ3n) is 4.38. The third kappa shape index (κ3) is 5.49. The monoisotopic (exact) mass is 495 g/mol. The van der Waals surface area contributed by atoms with E-state index in [0.29, 0.717) is 5.56 Å². The quantitative estimate of drug-likeness (QED) is 0.474. The molecule has 0 amide bonds. The van der Waals surface area contributed by atoms with E-state index in [0.717, 1.165) is 4.68 Å². The summed E-state index contributed by atoms with van der Waals surface area (Å²) in [5, 5.41) is 10.2. The fourth-order valence-electron chi connectivity index (χ4n) is 2.84. The summed E-state index contributed by atoms with van der Waals surface area (Å²) in [5.41, 5.74) is -1.58. The van der Waals surface area contributed by atoms with Gasteiger partial charge in [0.05, 0.1) is 16.7 Å². The molecular weight excluding hydrogens is 477 g/mol. The summed E-state index contributed by atoms with van der Waals surface area (Å²) in [6, 6.07) is 4.19. The first-order valence-corrected chi connectivity index (χ1v) is 10.5. The number of hydrogen-bond donors (Lipinski definition) is 2. The number of rotatable bonds is 7. The Morgan fingerprint density at radius 3 is 2.39 bits per heavy atom. The Hall–Kier alpha value is -3.44. The summed E-state index contributed by atoms with van der Waals surface area (Å²) in [6.45, 7) is 4.94. The van der Waals surface area contributed by atoms with Crippen LogP contribution >= 0.6 is 23.2 Å². The molecule has 0 aliphatic heterocycles. The van der Waals surface area contributed by atoms with Crippen molar-refractivity contribution in [3.8, 4) is 22.9 Å². The lowest BCUT2D eigenvalue weighted by molar-refractivity contribution is -0.144. The van der Waals surface area contributed by atoms with Gasteiger partial charge < -0.3 is 9.47 Å². The van der Waals surface area contributed by atoms with E-state index >= 15 is 0 Å². The van der Waals surface area contributed by atoms with Crippen LogP contribution in [0.2, 0.25) is 10.0 Å². The van der Waals surface area contributed by atoms with E-state index < -0.39 is 23.8 Å². The molecule has 2 aromatic heterocycles. The first-order chi connectivity index (χ1) is 15.6. The number of hydrogen-bond acceptors (Lipinski definition) is 8. The zero-order chi connectivity index (χ0) is 24.3. The topological polar surface area (TPSA) is 149 Å². The Kier molecular flexibility index (Phi) is 7.34. The Balaban J connectivity index is 1.99. The molecule has 0 radical (unpaired) electrons. The molecule has 0 saturated heterocycles. The summed E-state index contributed by atoms with van der Waals surface area (Å²) < 4.78 is 11.2. The highest BCUT2D eigenvalue weighted by atomic mass is 35.5. The molecular formula is C20H19Cl2N5O6. The van der Waals surface area contributed by atoms with Crippen molar-refractivity contribution in [1.29, 1.82) is 0 Å². The van der Waals surface area contributed by atoms with E-state index in [1.165, 1.54) is 18.2 Å². The van der Waals surface area contributed by atoms with Gasteiger partial charge in [-0.25, -0.2) is 14.6 Å². The highest BCUT2D eigenvalue weighted by Crippen LogP contribution is 2.38. The largest absolute Gasteiger partial charge is 0.465 e. The lowest BCUT2D eigenvalue weighted by Gasteiger charge is -2.12. The van der Waals surface area contributed by atoms with Gasteiger partial charge in [0, 0.05) is 17.2 Å². The fourth-order valence-corrected chi connectivity index (χ4v) is 3.40. The average molecular weight is 496 g/mol. The van der Waals surface area contributed by atoms with Crippen LogP contribution in [0.4, 0.5) is 0 Å². The molecule has 11 nitrogen and oxygen atoms in total. The van der Waals surface area contributed by atoms with Gasteiger partial charge in [0.25, 0.3) is 11.1 Å². The molecule has 13 heteroatoms. The predicted octanol–water partition coefficient (Wildman–Crippen LogP) is 2.47. The summed E-state index contributed by atoms with van der Waals surface area (Å²) in [5.74, 6) is -0.670. The molecule has 3 rings (SSSR count). The molecule has 33 heavy (non-hydrogen) atoms. The summed E-state index contributed by atoms with van der Waals surface area (Å²) in [6.07, 6.45) is 0. The van der Waals surface area contributed by atoms with Crippen molar-refractivity contribution in [1.82, 2.24) is 25.0 Å². The minimum absolute atomic E-state index is 0.0148. The Morgan fingerprint density at radius 2 is 1.79 bits per heavy atom. The maximum Gasteiger partial charge on any atom is 0.345 e. The standard InChI is InChI=1S/C20H19Cl2N5O6/c1-4-32-15(28)8-27-20(31)23-19(30)16(26-27)10-5-12(21)17(13(22)6-10)33-14-7-11(9(2)3)18(29)25-24-14/h5-7,9H,4,8H2,1-3H3,(H,25,29)(H,23,30,31). The van der Waals surface area contributed by atoms with Crippen LogP contribution in [0.15, 0.2) is 32.6 Å². The molecule has 1 aromatic carbocycles. The summed E-state index contributed by atoms with van der Waals surface area (Å²) >= 11 is 12.7. The van der Waals surface area contributed by atoms with Crippen molar-refractivity contribution in [2.75, 3.05) is 6.61 Å². The highest BCUT2D eigenvalue weighted by Gasteiger charge is 2.18.